The zero-order valence-corrected chi connectivity index (χ0v) is 20.1. The minimum Gasteiger partial charge on any atom is -0.228 e. The first-order chi connectivity index (χ1) is 12.9. The molecule has 4 nitrogen and oxygen atoms in total. The molecule has 1 aliphatic rings. The van der Waals surface area contributed by atoms with Gasteiger partial charge in [0, 0.05) is 12.8 Å². The van der Waals surface area contributed by atoms with Gasteiger partial charge in [0.15, 0.2) is 0 Å². The fourth-order valence-corrected chi connectivity index (χ4v) is 3.96. The summed E-state index contributed by atoms with van der Waals surface area (Å²) in [5, 5.41) is 0. The minimum absolute atomic E-state index is 0.143. The summed E-state index contributed by atoms with van der Waals surface area (Å²) in [7, 11) is 0. The topological polar surface area (TPSA) is 36.9 Å². The van der Waals surface area contributed by atoms with E-state index in [1.165, 1.54) is 32.1 Å². The zero-order chi connectivity index (χ0) is 21.3. The zero-order valence-electron chi connectivity index (χ0n) is 20.1. The van der Waals surface area contributed by atoms with Gasteiger partial charge in [-0.25, -0.2) is 9.78 Å². The first-order valence-corrected chi connectivity index (χ1v) is 11.7. The van der Waals surface area contributed by atoms with E-state index < -0.39 is 5.79 Å². The fraction of sp³-hybridized carbons (Fsp3) is 1.00. The summed E-state index contributed by atoms with van der Waals surface area (Å²) in [5.74, 6) is -0.828. The first-order valence-electron chi connectivity index (χ1n) is 11.7. The van der Waals surface area contributed by atoms with E-state index in [1.54, 1.807) is 0 Å². The normalized spacial score (nSPS) is 19.7. The summed E-state index contributed by atoms with van der Waals surface area (Å²) < 4.78 is 0. The Balaban J connectivity index is 2.73. The molecule has 1 saturated carbocycles. The van der Waals surface area contributed by atoms with Crippen LogP contribution in [0.25, 0.3) is 0 Å². The van der Waals surface area contributed by atoms with E-state index in [-0.39, 0.29) is 16.6 Å². The Hall–Kier alpha value is -0.160. The molecule has 1 aliphatic carbocycles. The van der Waals surface area contributed by atoms with Crippen molar-refractivity contribution in [2.75, 3.05) is 0 Å². The van der Waals surface area contributed by atoms with Gasteiger partial charge < -0.3 is 0 Å². The highest BCUT2D eigenvalue weighted by Crippen LogP contribution is 2.45. The molecule has 28 heavy (non-hydrogen) atoms. The monoisotopic (exact) mass is 400 g/mol. The smallest absolute Gasteiger partial charge is 0.228 e. The predicted molar refractivity (Wildman–Crippen MR) is 116 cm³/mol. The van der Waals surface area contributed by atoms with Crippen molar-refractivity contribution < 1.29 is 19.6 Å². The summed E-state index contributed by atoms with van der Waals surface area (Å²) in [6.07, 6.45) is 12.9. The van der Waals surface area contributed by atoms with Gasteiger partial charge >= 0.3 is 0 Å². The van der Waals surface area contributed by atoms with Crippen molar-refractivity contribution in [3.63, 3.8) is 0 Å². The van der Waals surface area contributed by atoms with Crippen molar-refractivity contribution >= 4 is 0 Å². The highest BCUT2D eigenvalue weighted by Gasteiger charge is 2.46. The summed E-state index contributed by atoms with van der Waals surface area (Å²) in [6, 6.07) is 0. The van der Waals surface area contributed by atoms with Crippen molar-refractivity contribution in [2.24, 2.45) is 5.41 Å². The minimum atomic E-state index is -0.828. The third kappa shape index (κ3) is 10.0. The van der Waals surface area contributed by atoms with Crippen LogP contribution in [0.5, 0.6) is 0 Å². The van der Waals surface area contributed by atoms with E-state index in [4.69, 9.17) is 19.6 Å². The largest absolute Gasteiger partial charge is 0.234 e. The fourth-order valence-electron chi connectivity index (χ4n) is 3.96. The SMILES string of the molecule is CCCCCC(C)(C)OOC1(OOC(C)(C)CCCCC)CCCC(C)(C)C1. The third-order valence-electron chi connectivity index (χ3n) is 5.76. The highest BCUT2D eigenvalue weighted by atomic mass is 17.3. The van der Waals surface area contributed by atoms with Crippen LogP contribution in [0.2, 0.25) is 0 Å². The van der Waals surface area contributed by atoms with E-state index in [1.807, 2.05) is 0 Å². The summed E-state index contributed by atoms with van der Waals surface area (Å²) >= 11 is 0. The summed E-state index contributed by atoms with van der Waals surface area (Å²) in [6.45, 7) is 17.4. The Bertz CT molecular complexity index is 402. The standard InChI is InChI=1S/C24H48O4/c1-9-11-13-17-22(5,6)25-27-24(19-15-16-21(3,4)20-24)28-26-23(7,8)18-14-12-10-2/h9-20H2,1-8H3. The quantitative estimate of drug-likeness (QED) is 0.128. The number of hydrogen-bond acceptors (Lipinski definition) is 4. The van der Waals surface area contributed by atoms with Crippen LogP contribution in [-0.2, 0) is 19.6 Å². The van der Waals surface area contributed by atoms with E-state index in [9.17, 15) is 0 Å². The molecular weight excluding hydrogens is 352 g/mol. The maximum absolute atomic E-state index is 6.08. The Morgan fingerprint density at radius 3 is 1.57 bits per heavy atom. The molecule has 1 rings (SSSR count). The van der Waals surface area contributed by atoms with Crippen molar-refractivity contribution in [3.8, 4) is 0 Å². The van der Waals surface area contributed by atoms with Crippen molar-refractivity contribution in [2.45, 2.75) is 149 Å². The van der Waals surface area contributed by atoms with Gasteiger partial charge in [-0.1, -0.05) is 66.2 Å². The maximum atomic E-state index is 6.08. The molecule has 0 amide bonds. The number of rotatable bonds is 14. The Morgan fingerprint density at radius 1 is 0.714 bits per heavy atom. The van der Waals surface area contributed by atoms with Crippen LogP contribution in [0, 0.1) is 5.41 Å². The molecule has 0 N–H and O–H groups in total. The van der Waals surface area contributed by atoms with Gasteiger partial charge in [-0.15, -0.1) is 0 Å². The summed E-state index contributed by atoms with van der Waals surface area (Å²) in [4.78, 5) is 24.1. The van der Waals surface area contributed by atoms with Crippen LogP contribution in [-0.4, -0.2) is 17.0 Å². The van der Waals surface area contributed by atoms with E-state index in [2.05, 4.69) is 55.4 Å². The van der Waals surface area contributed by atoms with Crippen LogP contribution in [0.3, 0.4) is 0 Å². The van der Waals surface area contributed by atoms with Crippen LogP contribution in [0.4, 0.5) is 0 Å². The molecular formula is C24H48O4. The van der Waals surface area contributed by atoms with E-state index in [0.29, 0.717) is 0 Å². The second kappa shape index (κ2) is 11.3. The van der Waals surface area contributed by atoms with Gasteiger partial charge in [-0.3, -0.25) is 0 Å². The van der Waals surface area contributed by atoms with Gasteiger partial charge in [-0.2, -0.15) is 9.78 Å². The predicted octanol–water partition coefficient (Wildman–Crippen LogP) is 7.90. The Morgan fingerprint density at radius 2 is 1.18 bits per heavy atom. The lowest BCUT2D eigenvalue weighted by Gasteiger charge is -2.44. The molecule has 0 aromatic heterocycles. The van der Waals surface area contributed by atoms with Gasteiger partial charge in [-0.05, 0) is 58.8 Å². The molecule has 0 unspecified atom stereocenters. The average Bonchev–Trinajstić information content (AvgIpc) is 2.58. The second-order valence-corrected chi connectivity index (χ2v) is 10.9. The van der Waals surface area contributed by atoms with Gasteiger partial charge in [0.25, 0.3) is 0 Å². The average molecular weight is 401 g/mol. The molecule has 0 spiro atoms. The molecule has 0 aromatic rings. The van der Waals surface area contributed by atoms with Crippen LogP contribution < -0.4 is 0 Å². The lowest BCUT2D eigenvalue weighted by Crippen LogP contribution is -2.47. The highest BCUT2D eigenvalue weighted by molar-refractivity contribution is 4.85. The lowest BCUT2D eigenvalue weighted by molar-refractivity contribution is -0.551. The third-order valence-corrected chi connectivity index (χ3v) is 5.76. The number of hydrogen-bond donors (Lipinski definition) is 0. The molecule has 0 aliphatic heterocycles. The summed E-state index contributed by atoms with van der Waals surface area (Å²) in [5.41, 5.74) is -0.517. The molecule has 168 valence electrons. The molecule has 0 bridgehead atoms. The number of unbranched alkanes of at least 4 members (excludes halogenated alkanes) is 4. The molecule has 1 fully saturated rings. The molecule has 0 aromatic carbocycles. The Kier molecular flexibility index (Phi) is 10.4. The van der Waals surface area contributed by atoms with E-state index >= 15 is 0 Å². The van der Waals surface area contributed by atoms with Gasteiger partial charge in [0.2, 0.25) is 5.79 Å². The molecule has 0 heterocycles. The molecule has 0 radical (unpaired) electrons. The second-order valence-electron chi connectivity index (χ2n) is 10.9. The van der Waals surface area contributed by atoms with Crippen molar-refractivity contribution in [1.29, 1.82) is 0 Å². The van der Waals surface area contributed by atoms with E-state index in [0.717, 1.165) is 44.9 Å². The van der Waals surface area contributed by atoms with Crippen molar-refractivity contribution in [1.82, 2.24) is 0 Å². The maximum Gasteiger partial charge on any atom is 0.234 e. The Labute approximate surface area is 174 Å². The molecule has 0 atom stereocenters. The molecule has 4 heteroatoms. The van der Waals surface area contributed by atoms with Crippen LogP contribution in [0.1, 0.15) is 132 Å². The van der Waals surface area contributed by atoms with Crippen LogP contribution >= 0.6 is 0 Å². The molecule has 0 saturated heterocycles. The van der Waals surface area contributed by atoms with Crippen molar-refractivity contribution in [3.05, 3.63) is 0 Å². The first kappa shape index (κ1) is 25.9. The van der Waals surface area contributed by atoms with Gasteiger partial charge in [0.05, 0.1) is 11.2 Å². The lowest BCUT2D eigenvalue weighted by atomic mass is 9.74. The van der Waals surface area contributed by atoms with Crippen LogP contribution in [0.15, 0.2) is 0 Å². The van der Waals surface area contributed by atoms with Gasteiger partial charge in [0.1, 0.15) is 0 Å².